The Morgan fingerprint density at radius 3 is 2.57 bits per heavy atom. The normalized spacial score (nSPS) is 12.9. The molecule has 1 rings (SSSR count). The Labute approximate surface area is 80.3 Å². The molecule has 0 saturated carbocycles. The summed E-state index contributed by atoms with van der Waals surface area (Å²) in [5.41, 5.74) is 11.0. The third-order valence-corrected chi connectivity index (χ3v) is 1.97. The van der Waals surface area contributed by atoms with Crippen LogP contribution in [0.15, 0.2) is 12.1 Å². The number of halogens is 2. The summed E-state index contributed by atoms with van der Waals surface area (Å²) >= 11 is 0. The van der Waals surface area contributed by atoms with Crippen LogP contribution < -0.4 is 11.5 Å². The maximum absolute atomic E-state index is 13.0. The van der Waals surface area contributed by atoms with Crippen LogP contribution in [0, 0.1) is 11.6 Å². The number of nitrogens with two attached hydrogens (primary N) is 2. The average Bonchev–Trinajstić information content (AvgIpc) is 2.11. The predicted octanol–water partition coefficient (Wildman–Crippen LogP) is 0.929. The van der Waals surface area contributed by atoms with Gasteiger partial charge in [0, 0.05) is 18.7 Å². The van der Waals surface area contributed by atoms with Gasteiger partial charge in [-0.1, -0.05) is 0 Å². The molecular weight excluding hydrogens is 190 g/mol. The van der Waals surface area contributed by atoms with Gasteiger partial charge in [-0.15, -0.1) is 0 Å². The molecule has 3 nitrogen and oxygen atoms in total. The first-order chi connectivity index (χ1) is 6.56. The fourth-order valence-electron chi connectivity index (χ4n) is 1.21. The minimum Gasteiger partial charge on any atom is -0.396 e. The number of hydrogen-bond acceptors (Lipinski definition) is 3. The first-order valence-corrected chi connectivity index (χ1v) is 4.17. The van der Waals surface area contributed by atoms with Crippen molar-refractivity contribution in [3.05, 3.63) is 29.3 Å². The predicted molar refractivity (Wildman–Crippen MR) is 49.4 cm³/mol. The second-order valence-electron chi connectivity index (χ2n) is 3.01. The Balaban J connectivity index is 3.07. The van der Waals surface area contributed by atoms with Crippen LogP contribution in [0.3, 0.4) is 0 Å². The summed E-state index contributed by atoms with van der Waals surface area (Å²) < 4.78 is 25.8. The Kier molecular flexibility index (Phi) is 3.38. The third kappa shape index (κ3) is 2.18. The first kappa shape index (κ1) is 10.9. The lowest BCUT2D eigenvalue weighted by Crippen LogP contribution is -2.15. The van der Waals surface area contributed by atoms with E-state index >= 15 is 0 Å². The van der Waals surface area contributed by atoms with Gasteiger partial charge < -0.3 is 16.6 Å². The molecule has 0 aliphatic heterocycles. The maximum Gasteiger partial charge on any atom is 0.149 e. The van der Waals surface area contributed by atoms with Gasteiger partial charge in [0.1, 0.15) is 11.6 Å². The zero-order valence-corrected chi connectivity index (χ0v) is 7.50. The molecule has 0 saturated heterocycles. The van der Waals surface area contributed by atoms with E-state index in [1.807, 2.05) is 0 Å². The van der Waals surface area contributed by atoms with Crippen molar-refractivity contribution >= 4 is 5.69 Å². The van der Waals surface area contributed by atoms with Crippen molar-refractivity contribution in [3.63, 3.8) is 0 Å². The summed E-state index contributed by atoms with van der Waals surface area (Å²) in [6.45, 7) is -0.154. The van der Waals surface area contributed by atoms with Crippen molar-refractivity contribution in [2.45, 2.75) is 12.5 Å². The molecule has 78 valence electrons. The number of aliphatic hydroxyl groups is 1. The van der Waals surface area contributed by atoms with Gasteiger partial charge in [-0.3, -0.25) is 0 Å². The molecule has 5 N–H and O–H groups in total. The van der Waals surface area contributed by atoms with Crippen LogP contribution in [0.5, 0.6) is 0 Å². The van der Waals surface area contributed by atoms with E-state index in [1.165, 1.54) is 0 Å². The van der Waals surface area contributed by atoms with Gasteiger partial charge in [0.2, 0.25) is 0 Å². The molecule has 1 aromatic rings. The van der Waals surface area contributed by atoms with Gasteiger partial charge in [0.25, 0.3) is 0 Å². The van der Waals surface area contributed by atoms with Crippen LogP contribution in [-0.4, -0.2) is 11.7 Å². The SMILES string of the molecule is Nc1c(F)cc(F)cc1C(N)CCO. The van der Waals surface area contributed by atoms with E-state index < -0.39 is 17.7 Å². The highest BCUT2D eigenvalue weighted by molar-refractivity contribution is 5.49. The van der Waals surface area contributed by atoms with Gasteiger partial charge >= 0.3 is 0 Å². The molecule has 1 aromatic carbocycles. The standard InChI is InChI=1S/C9H12F2N2O/c10-5-3-6(8(12)1-2-14)9(13)7(11)4-5/h3-4,8,14H,1-2,12-13H2. The summed E-state index contributed by atoms with van der Waals surface area (Å²) in [5.74, 6) is -1.55. The quantitative estimate of drug-likeness (QED) is 0.638. The Hall–Kier alpha value is -1.20. The van der Waals surface area contributed by atoms with Crippen molar-refractivity contribution in [2.24, 2.45) is 5.73 Å². The lowest BCUT2D eigenvalue weighted by molar-refractivity contribution is 0.276. The highest BCUT2D eigenvalue weighted by Crippen LogP contribution is 2.24. The van der Waals surface area contributed by atoms with Gasteiger partial charge in [0.05, 0.1) is 5.69 Å². The molecule has 0 aromatic heterocycles. The summed E-state index contributed by atoms with van der Waals surface area (Å²) in [6, 6.07) is 1.13. The lowest BCUT2D eigenvalue weighted by Gasteiger charge is -2.13. The van der Waals surface area contributed by atoms with Gasteiger partial charge in [-0.2, -0.15) is 0 Å². The zero-order chi connectivity index (χ0) is 10.7. The molecule has 0 radical (unpaired) electrons. The fourth-order valence-corrected chi connectivity index (χ4v) is 1.21. The van der Waals surface area contributed by atoms with Crippen LogP contribution >= 0.6 is 0 Å². The van der Waals surface area contributed by atoms with Crippen molar-refractivity contribution in [2.75, 3.05) is 12.3 Å². The molecule has 0 aliphatic carbocycles. The van der Waals surface area contributed by atoms with Crippen molar-refractivity contribution in [3.8, 4) is 0 Å². The zero-order valence-electron chi connectivity index (χ0n) is 7.50. The van der Waals surface area contributed by atoms with E-state index in [4.69, 9.17) is 16.6 Å². The van der Waals surface area contributed by atoms with Crippen LogP contribution in [-0.2, 0) is 0 Å². The Bertz CT molecular complexity index is 331. The molecular formula is C9H12F2N2O. The summed E-state index contributed by atoms with van der Waals surface area (Å²) in [7, 11) is 0. The monoisotopic (exact) mass is 202 g/mol. The summed E-state index contributed by atoms with van der Waals surface area (Å²) in [6.07, 6.45) is 0.215. The number of aliphatic hydroxyl groups excluding tert-OH is 1. The van der Waals surface area contributed by atoms with Crippen molar-refractivity contribution in [1.82, 2.24) is 0 Å². The number of hydrogen-bond donors (Lipinski definition) is 3. The number of benzene rings is 1. The van der Waals surface area contributed by atoms with Crippen molar-refractivity contribution in [1.29, 1.82) is 0 Å². The second kappa shape index (κ2) is 4.34. The highest BCUT2D eigenvalue weighted by atomic mass is 19.1. The molecule has 0 bridgehead atoms. The second-order valence-corrected chi connectivity index (χ2v) is 3.01. The first-order valence-electron chi connectivity index (χ1n) is 4.17. The summed E-state index contributed by atoms with van der Waals surface area (Å²) in [4.78, 5) is 0. The molecule has 0 aliphatic rings. The minimum absolute atomic E-state index is 0.154. The van der Waals surface area contributed by atoms with Gasteiger partial charge in [-0.05, 0) is 18.1 Å². The largest absolute Gasteiger partial charge is 0.396 e. The van der Waals surface area contributed by atoms with Crippen LogP contribution in [0.4, 0.5) is 14.5 Å². The molecule has 0 spiro atoms. The lowest BCUT2D eigenvalue weighted by atomic mass is 10.0. The molecule has 14 heavy (non-hydrogen) atoms. The average molecular weight is 202 g/mol. The molecule has 0 heterocycles. The van der Waals surface area contributed by atoms with Gasteiger partial charge in [-0.25, -0.2) is 8.78 Å². The highest BCUT2D eigenvalue weighted by Gasteiger charge is 2.14. The van der Waals surface area contributed by atoms with Crippen LogP contribution in [0.1, 0.15) is 18.0 Å². The number of rotatable bonds is 3. The van der Waals surface area contributed by atoms with E-state index in [2.05, 4.69) is 0 Å². The van der Waals surface area contributed by atoms with E-state index in [0.29, 0.717) is 6.07 Å². The topological polar surface area (TPSA) is 72.3 Å². The summed E-state index contributed by atoms with van der Waals surface area (Å²) in [5, 5.41) is 8.62. The Morgan fingerprint density at radius 2 is 2.00 bits per heavy atom. The fraction of sp³-hybridized carbons (Fsp3) is 0.333. The Morgan fingerprint density at radius 1 is 1.36 bits per heavy atom. The van der Waals surface area contributed by atoms with Gasteiger partial charge in [0.15, 0.2) is 0 Å². The number of nitrogen functional groups attached to an aromatic ring is 1. The molecule has 5 heteroatoms. The van der Waals surface area contributed by atoms with Crippen LogP contribution in [0.25, 0.3) is 0 Å². The van der Waals surface area contributed by atoms with E-state index in [0.717, 1.165) is 6.07 Å². The minimum atomic E-state index is -0.826. The molecule has 1 unspecified atom stereocenters. The molecule has 0 fully saturated rings. The van der Waals surface area contributed by atoms with Crippen molar-refractivity contribution < 1.29 is 13.9 Å². The van der Waals surface area contributed by atoms with E-state index in [9.17, 15) is 8.78 Å². The number of anilines is 1. The maximum atomic E-state index is 13.0. The molecule has 0 amide bonds. The van der Waals surface area contributed by atoms with E-state index in [1.54, 1.807) is 0 Å². The van der Waals surface area contributed by atoms with E-state index in [-0.39, 0.29) is 24.3 Å². The van der Waals surface area contributed by atoms with Crippen LogP contribution in [0.2, 0.25) is 0 Å². The smallest absolute Gasteiger partial charge is 0.149 e. The third-order valence-electron chi connectivity index (χ3n) is 1.97. The molecule has 1 atom stereocenters.